The largest absolute Gasteiger partial charge is 0.489 e. The van der Waals surface area contributed by atoms with E-state index in [1.807, 2.05) is 24.3 Å². The van der Waals surface area contributed by atoms with Crippen LogP contribution in [0.25, 0.3) is 0 Å². The van der Waals surface area contributed by atoms with Gasteiger partial charge in [-0.3, -0.25) is 9.59 Å². The van der Waals surface area contributed by atoms with Crippen LogP contribution in [0.4, 0.5) is 0 Å². The van der Waals surface area contributed by atoms with Gasteiger partial charge in [0.15, 0.2) is 0 Å². The highest BCUT2D eigenvalue weighted by Crippen LogP contribution is 2.33. The van der Waals surface area contributed by atoms with E-state index in [1.165, 1.54) is 4.90 Å². The number of nitrogens with zero attached hydrogens (tertiary/aromatic N) is 1. The molecule has 8 heteroatoms. The molecule has 0 aromatic heterocycles. The number of aliphatic carboxylic acids is 1. The van der Waals surface area contributed by atoms with Gasteiger partial charge in [-0.1, -0.05) is 30.3 Å². The molecule has 0 bridgehead atoms. The van der Waals surface area contributed by atoms with E-state index >= 15 is 0 Å². The van der Waals surface area contributed by atoms with Gasteiger partial charge in [-0.2, -0.15) is 0 Å². The van der Waals surface area contributed by atoms with Gasteiger partial charge in [-0.25, -0.2) is 4.79 Å². The number of fused-ring (bicyclic) bond motifs is 1. The molecule has 1 aliphatic rings. The maximum atomic E-state index is 12.8. The highest BCUT2D eigenvalue weighted by molar-refractivity contribution is 6.17. The SMILES string of the molecule is NC(=O)CCC(C(=O)O)N1Cc2c(OCc3ccc(CCl)cc3)cccc2C1=O. The summed E-state index contributed by atoms with van der Waals surface area (Å²) in [6, 6.07) is 11.6. The number of halogens is 1. The molecule has 152 valence electrons. The van der Waals surface area contributed by atoms with Crippen molar-refractivity contribution in [3.8, 4) is 5.75 Å². The summed E-state index contributed by atoms with van der Waals surface area (Å²) in [6.45, 7) is 0.405. The zero-order chi connectivity index (χ0) is 21.0. The fourth-order valence-corrected chi connectivity index (χ4v) is 3.47. The highest BCUT2D eigenvalue weighted by Gasteiger charge is 2.37. The van der Waals surface area contributed by atoms with E-state index in [1.54, 1.807) is 18.2 Å². The Morgan fingerprint density at radius 2 is 1.86 bits per heavy atom. The van der Waals surface area contributed by atoms with Gasteiger partial charge in [-0.15, -0.1) is 11.6 Å². The summed E-state index contributed by atoms with van der Waals surface area (Å²) in [6.07, 6.45) is -0.147. The van der Waals surface area contributed by atoms with Gasteiger partial charge in [0.2, 0.25) is 5.91 Å². The van der Waals surface area contributed by atoms with Crippen LogP contribution in [-0.4, -0.2) is 33.8 Å². The van der Waals surface area contributed by atoms with E-state index in [2.05, 4.69) is 0 Å². The van der Waals surface area contributed by atoms with Crippen molar-refractivity contribution in [2.75, 3.05) is 0 Å². The molecule has 3 N–H and O–H groups in total. The number of carboxylic acids is 1. The Kier molecular flexibility index (Phi) is 6.39. The van der Waals surface area contributed by atoms with Gasteiger partial charge >= 0.3 is 5.97 Å². The molecule has 0 saturated heterocycles. The first-order chi connectivity index (χ1) is 13.9. The lowest BCUT2D eigenvalue weighted by Crippen LogP contribution is -2.42. The number of hydrogen-bond acceptors (Lipinski definition) is 4. The maximum absolute atomic E-state index is 12.8. The summed E-state index contributed by atoms with van der Waals surface area (Å²) in [5, 5.41) is 9.52. The molecule has 2 aromatic carbocycles. The molecule has 0 saturated carbocycles. The summed E-state index contributed by atoms with van der Waals surface area (Å²) in [5.41, 5.74) is 8.13. The van der Waals surface area contributed by atoms with E-state index in [0.29, 0.717) is 29.4 Å². The summed E-state index contributed by atoms with van der Waals surface area (Å²) in [5.74, 6) is -1.21. The Labute approximate surface area is 173 Å². The van der Waals surface area contributed by atoms with Crippen molar-refractivity contribution in [3.63, 3.8) is 0 Å². The molecule has 7 nitrogen and oxygen atoms in total. The number of ether oxygens (including phenoxy) is 1. The molecular weight excluding hydrogens is 396 g/mol. The van der Waals surface area contributed by atoms with Gasteiger partial charge < -0.3 is 20.5 Å². The van der Waals surface area contributed by atoms with Gasteiger partial charge in [0.1, 0.15) is 18.4 Å². The lowest BCUT2D eigenvalue weighted by molar-refractivity contribution is -0.142. The van der Waals surface area contributed by atoms with Crippen LogP contribution in [0.1, 0.15) is 39.9 Å². The number of carbonyl (C=O) groups is 3. The first-order valence-electron chi connectivity index (χ1n) is 9.11. The van der Waals surface area contributed by atoms with Crippen LogP contribution < -0.4 is 10.5 Å². The normalized spacial score (nSPS) is 13.8. The highest BCUT2D eigenvalue weighted by atomic mass is 35.5. The van der Waals surface area contributed by atoms with Crippen molar-refractivity contribution in [1.29, 1.82) is 0 Å². The molecule has 2 amide bonds. The van der Waals surface area contributed by atoms with Crippen LogP contribution in [0, 0.1) is 0 Å². The average Bonchev–Trinajstić information content (AvgIpc) is 3.03. The molecule has 0 radical (unpaired) electrons. The molecule has 29 heavy (non-hydrogen) atoms. The minimum atomic E-state index is -1.17. The molecular formula is C21H21ClN2O5. The Balaban J connectivity index is 1.76. The molecule has 0 spiro atoms. The molecule has 3 rings (SSSR count). The molecule has 1 aliphatic heterocycles. The number of alkyl halides is 1. The van der Waals surface area contributed by atoms with Crippen molar-refractivity contribution >= 4 is 29.4 Å². The summed E-state index contributed by atoms with van der Waals surface area (Å²) >= 11 is 5.80. The lowest BCUT2D eigenvalue weighted by Gasteiger charge is -2.23. The number of hydrogen-bond donors (Lipinski definition) is 2. The van der Waals surface area contributed by atoms with Crippen LogP contribution in [0.15, 0.2) is 42.5 Å². The third-order valence-electron chi connectivity index (χ3n) is 4.85. The van der Waals surface area contributed by atoms with Crippen LogP contribution in [0.2, 0.25) is 0 Å². The van der Waals surface area contributed by atoms with Crippen molar-refractivity contribution in [1.82, 2.24) is 4.90 Å². The minimum Gasteiger partial charge on any atom is -0.489 e. The molecule has 2 aromatic rings. The van der Waals surface area contributed by atoms with Crippen LogP contribution >= 0.6 is 11.6 Å². The average molecular weight is 417 g/mol. The number of carboxylic acid groups (broad SMARTS) is 1. The van der Waals surface area contributed by atoms with Gasteiger partial charge in [0, 0.05) is 23.4 Å². The maximum Gasteiger partial charge on any atom is 0.326 e. The van der Waals surface area contributed by atoms with Crippen LogP contribution in [0.3, 0.4) is 0 Å². The Bertz CT molecular complexity index is 929. The van der Waals surface area contributed by atoms with Gasteiger partial charge in [0.25, 0.3) is 5.91 Å². The predicted molar refractivity (Wildman–Crippen MR) is 106 cm³/mol. The Morgan fingerprint density at radius 3 is 2.48 bits per heavy atom. The topological polar surface area (TPSA) is 110 Å². The second kappa shape index (κ2) is 8.96. The minimum absolute atomic E-state index is 0.0342. The van der Waals surface area contributed by atoms with Crippen molar-refractivity contribution in [3.05, 3.63) is 64.7 Å². The predicted octanol–water partition coefficient (Wildman–Crippen LogP) is 2.68. The number of amides is 2. The number of primary amides is 1. The van der Waals surface area contributed by atoms with E-state index in [-0.39, 0.29) is 19.4 Å². The van der Waals surface area contributed by atoms with E-state index in [9.17, 15) is 19.5 Å². The zero-order valence-electron chi connectivity index (χ0n) is 15.6. The van der Waals surface area contributed by atoms with Gasteiger partial charge in [0.05, 0.1) is 6.54 Å². The zero-order valence-corrected chi connectivity index (χ0v) is 16.4. The number of nitrogens with two attached hydrogens (primary N) is 1. The summed E-state index contributed by atoms with van der Waals surface area (Å²) in [7, 11) is 0. The molecule has 1 atom stereocenters. The van der Waals surface area contributed by atoms with Crippen molar-refractivity contribution in [2.45, 2.75) is 37.9 Å². The van der Waals surface area contributed by atoms with Gasteiger partial charge in [-0.05, 0) is 29.7 Å². The molecule has 1 unspecified atom stereocenters. The third kappa shape index (κ3) is 4.68. The first-order valence-corrected chi connectivity index (χ1v) is 9.64. The Morgan fingerprint density at radius 1 is 1.17 bits per heavy atom. The standard InChI is InChI=1S/C21H21ClN2O5/c22-10-13-4-6-14(7-5-13)12-29-18-3-1-2-15-16(18)11-24(20(15)26)17(21(27)28)8-9-19(23)25/h1-7,17H,8-12H2,(H2,23,25)(H,27,28). The fraction of sp³-hybridized carbons (Fsp3) is 0.286. The second-order valence-electron chi connectivity index (χ2n) is 6.81. The lowest BCUT2D eigenvalue weighted by atomic mass is 10.1. The second-order valence-corrected chi connectivity index (χ2v) is 7.08. The Hall–Kier alpha value is -3.06. The summed E-state index contributed by atoms with van der Waals surface area (Å²) in [4.78, 5) is 36.7. The van der Waals surface area contributed by atoms with E-state index in [4.69, 9.17) is 22.1 Å². The third-order valence-corrected chi connectivity index (χ3v) is 5.16. The first kappa shape index (κ1) is 20.7. The van der Waals surface area contributed by atoms with Crippen LogP contribution in [0.5, 0.6) is 5.75 Å². The van der Waals surface area contributed by atoms with E-state index in [0.717, 1.165) is 11.1 Å². The monoisotopic (exact) mass is 416 g/mol. The quantitative estimate of drug-likeness (QED) is 0.610. The number of carbonyl (C=O) groups excluding carboxylic acids is 2. The van der Waals surface area contributed by atoms with Crippen molar-refractivity contribution < 1.29 is 24.2 Å². The molecule has 0 fully saturated rings. The number of rotatable bonds is 9. The summed E-state index contributed by atoms with van der Waals surface area (Å²) < 4.78 is 5.91. The van der Waals surface area contributed by atoms with E-state index < -0.39 is 23.8 Å². The van der Waals surface area contributed by atoms with Crippen LogP contribution in [-0.2, 0) is 28.6 Å². The fourth-order valence-electron chi connectivity index (χ4n) is 3.29. The molecule has 1 heterocycles. The number of benzene rings is 2. The molecule has 0 aliphatic carbocycles. The smallest absolute Gasteiger partial charge is 0.326 e. The van der Waals surface area contributed by atoms with Crippen molar-refractivity contribution in [2.24, 2.45) is 5.73 Å².